The van der Waals surface area contributed by atoms with Crippen LogP contribution in [0.15, 0.2) is 47.5 Å². The molecular formula is C29H35N7O4S2. The highest BCUT2D eigenvalue weighted by Gasteiger charge is 2.54. The summed E-state index contributed by atoms with van der Waals surface area (Å²) < 4.78 is 26.8. The van der Waals surface area contributed by atoms with Crippen LogP contribution in [0.25, 0.3) is 20.8 Å². The fraction of sp³-hybridized carbons (Fsp3) is 0.448. The van der Waals surface area contributed by atoms with Gasteiger partial charge in [0.1, 0.15) is 22.4 Å². The van der Waals surface area contributed by atoms with E-state index in [1.807, 2.05) is 13.0 Å². The van der Waals surface area contributed by atoms with Gasteiger partial charge in [-0.25, -0.2) is 23.4 Å². The van der Waals surface area contributed by atoms with E-state index in [1.165, 1.54) is 24.2 Å². The molecule has 2 saturated carbocycles. The van der Waals surface area contributed by atoms with Gasteiger partial charge in [-0.15, -0.1) is 11.3 Å². The minimum absolute atomic E-state index is 0.179. The number of nitrogen functional groups attached to an aromatic ring is 1. The molecule has 0 saturated heterocycles. The van der Waals surface area contributed by atoms with Crippen molar-refractivity contribution in [1.29, 1.82) is 0 Å². The van der Waals surface area contributed by atoms with Gasteiger partial charge in [0.25, 0.3) is 0 Å². The van der Waals surface area contributed by atoms with Crippen LogP contribution in [0, 0.1) is 18.8 Å². The quantitative estimate of drug-likeness (QED) is 0.187. The van der Waals surface area contributed by atoms with E-state index < -0.39 is 38.8 Å². The lowest BCUT2D eigenvalue weighted by Crippen LogP contribution is -2.45. The van der Waals surface area contributed by atoms with E-state index >= 15 is 0 Å². The highest BCUT2D eigenvalue weighted by molar-refractivity contribution is 7.92. The molecule has 4 atom stereocenters. The number of nitrogens with two attached hydrogens (primary N) is 1. The average molecular weight is 610 g/mol. The largest absolute Gasteiger partial charge is 0.390 e. The molecule has 0 amide bonds. The number of sulfone groups is 1. The van der Waals surface area contributed by atoms with E-state index in [4.69, 9.17) is 20.7 Å². The number of thiazole rings is 1. The van der Waals surface area contributed by atoms with Gasteiger partial charge in [-0.3, -0.25) is 0 Å². The van der Waals surface area contributed by atoms with Gasteiger partial charge in [-0.1, -0.05) is 18.2 Å². The first kappa shape index (κ1) is 28.7. The normalized spacial score (nSPS) is 22.9. The number of rotatable bonds is 9. The summed E-state index contributed by atoms with van der Waals surface area (Å²) in [6.45, 7) is 5.85. The minimum atomic E-state index is -3.83. The second-order valence-corrected chi connectivity index (χ2v) is 15.3. The number of aromatic nitrogens is 4. The zero-order valence-electron chi connectivity index (χ0n) is 23.7. The second kappa shape index (κ2) is 10.7. The first-order chi connectivity index (χ1) is 20.0. The van der Waals surface area contributed by atoms with Gasteiger partial charge >= 0.3 is 0 Å². The third-order valence-electron chi connectivity index (χ3n) is 8.53. The fourth-order valence-corrected chi connectivity index (χ4v) is 8.52. The van der Waals surface area contributed by atoms with Gasteiger partial charge in [0.2, 0.25) is 5.95 Å². The molecule has 13 heteroatoms. The molecule has 0 spiro atoms. The smallest absolute Gasteiger partial charge is 0.224 e. The molecule has 0 radical (unpaired) electrons. The van der Waals surface area contributed by atoms with Crippen molar-refractivity contribution in [2.24, 2.45) is 11.8 Å². The van der Waals surface area contributed by atoms with E-state index in [0.29, 0.717) is 45.3 Å². The number of anilines is 3. The Morgan fingerprint density at radius 1 is 1.07 bits per heavy atom. The van der Waals surface area contributed by atoms with E-state index in [-0.39, 0.29) is 11.3 Å². The Morgan fingerprint density at radius 2 is 1.81 bits per heavy atom. The lowest BCUT2D eigenvalue weighted by atomic mass is 9.91. The molecular weight excluding hydrogens is 574 g/mol. The Bertz CT molecular complexity index is 1720. The Balaban J connectivity index is 1.35. The van der Waals surface area contributed by atoms with Gasteiger partial charge in [0.05, 0.1) is 37.7 Å². The zero-order chi connectivity index (χ0) is 29.8. The number of aliphatic hydroxyl groups is 2. The number of aryl methyl sites for hydroxylation is 1. The van der Waals surface area contributed by atoms with Crippen molar-refractivity contribution in [2.75, 3.05) is 22.9 Å². The molecule has 222 valence electrons. The van der Waals surface area contributed by atoms with Crippen LogP contribution in [0.1, 0.15) is 38.8 Å². The maximum atomic E-state index is 13.7. The number of fused-ring (bicyclic) bond motifs is 1. The maximum Gasteiger partial charge on any atom is 0.224 e. The standard InChI is InChI=1S/C29H35N7O4S2/c1-15-21(27-35-22-20(41-27)11-12-31-25(22)30)26(36-28(33-15)32-14-16-9-10-16)34-19-13-18(23(37)24(19)38)29(2,3)42(39,40)17-7-5-4-6-8-17/h4-8,11-12,16,18-19,23-24,37-38H,9-10,13-14H2,1-3H3,(H2,30,31)(H2,32,33,34,36)/t18-,19+,23+,24-/m0/s1. The number of aliphatic hydroxyl groups excluding tert-OH is 2. The predicted octanol–water partition coefficient (Wildman–Crippen LogP) is 3.64. The number of benzene rings is 1. The SMILES string of the molecule is Cc1nc(NCC2CC2)nc(N[C@@H]2C[C@H](C(C)(C)S(=O)(=O)c3ccccc3)[C@@H](O)[C@H]2O)c1-c1nc2c(N)nccc2s1. The zero-order valence-corrected chi connectivity index (χ0v) is 25.3. The van der Waals surface area contributed by atoms with Crippen molar-refractivity contribution in [3.8, 4) is 10.6 Å². The van der Waals surface area contributed by atoms with Crippen molar-refractivity contribution in [3.63, 3.8) is 0 Å². The van der Waals surface area contributed by atoms with Crippen molar-refractivity contribution >= 4 is 49.0 Å². The molecule has 11 nitrogen and oxygen atoms in total. The predicted molar refractivity (Wildman–Crippen MR) is 164 cm³/mol. The molecule has 0 unspecified atom stereocenters. The highest BCUT2D eigenvalue weighted by Crippen LogP contribution is 2.44. The Kier molecular flexibility index (Phi) is 7.32. The molecule has 3 heterocycles. The molecule has 2 fully saturated rings. The summed E-state index contributed by atoms with van der Waals surface area (Å²) in [7, 11) is -3.83. The van der Waals surface area contributed by atoms with Crippen LogP contribution in [-0.4, -0.2) is 68.1 Å². The second-order valence-electron chi connectivity index (χ2n) is 11.7. The summed E-state index contributed by atoms with van der Waals surface area (Å²) >= 11 is 1.43. The van der Waals surface area contributed by atoms with Crippen molar-refractivity contribution in [1.82, 2.24) is 19.9 Å². The monoisotopic (exact) mass is 609 g/mol. The third kappa shape index (κ3) is 5.08. The molecule has 0 bridgehead atoms. The third-order valence-corrected chi connectivity index (χ3v) is 12.1. The summed E-state index contributed by atoms with van der Waals surface area (Å²) in [6.07, 6.45) is 1.67. The number of hydrogen-bond donors (Lipinski definition) is 5. The molecule has 3 aromatic heterocycles. The number of hydrogen-bond acceptors (Lipinski definition) is 12. The first-order valence-corrected chi connectivity index (χ1v) is 16.3. The van der Waals surface area contributed by atoms with Gasteiger partial charge < -0.3 is 26.6 Å². The van der Waals surface area contributed by atoms with Gasteiger partial charge in [0, 0.05) is 18.7 Å². The molecule has 4 aromatic rings. The molecule has 6 rings (SSSR count). The van der Waals surface area contributed by atoms with Crippen LogP contribution < -0.4 is 16.4 Å². The molecule has 0 aliphatic heterocycles. The highest BCUT2D eigenvalue weighted by atomic mass is 32.2. The molecule has 2 aliphatic carbocycles. The van der Waals surface area contributed by atoms with Gasteiger partial charge in [-0.05, 0) is 64.2 Å². The van der Waals surface area contributed by atoms with Crippen molar-refractivity contribution in [2.45, 2.75) is 67.9 Å². The summed E-state index contributed by atoms with van der Waals surface area (Å²) in [5.41, 5.74) is 7.99. The minimum Gasteiger partial charge on any atom is -0.390 e. The lowest BCUT2D eigenvalue weighted by Gasteiger charge is -2.33. The number of nitrogens with zero attached hydrogens (tertiary/aromatic N) is 4. The summed E-state index contributed by atoms with van der Waals surface area (Å²) in [6, 6.07) is 9.37. The summed E-state index contributed by atoms with van der Waals surface area (Å²) in [5, 5.41) is 29.7. The number of pyridine rings is 1. The number of nitrogens with one attached hydrogen (secondary N) is 2. The van der Waals surface area contributed by atoms with Crippen molar-refractivity contribution < 1.29 is 18.6 Å². The van der Waals surface area contributed by atoms with E-state index in [0.717, 1.165) is 11.2 Å². The van der Waals surface area contributed by atoms with Crippen LogP contribution in [0.4, 0.5) is 17.6 Å². The molecule has 2 aliphatic rings. The van der Waals surface area contributed by atoms with E-state index in [2.05, 4.69) is 15.6 Å². The Labute approximate surface area is 248 Å². The van der Waals surface area contributed by atoms with Gasteiger partial charge in [-0.2, -0.15) is 4.98 Å². The molecule has 6 N–H and O–H groups in total. The van der Waals surface area contributed by atoms with Crippen LogP contribution in [0.3, 0.4) is 0 Å². The van der Waals surface area contributed by atoms with Crippen molar-refractivity contribution in [3.05, 3.63) is 48.3 Å². The molecule has 1 aromatic carbocycles. The Hall–Kier alpha value is -3.39. The van der Waals surface area contributed by atoms with Crippen LogP contribution in [0.2, 0.25) is 0 Å². The lowest BCUT2D eigenvalue weighted by molar-refractivity contribution is 0.0105. The first-order valence-electron chi connectivity index (χ1n) is 14.0. The van der Waals surface area contributed by atoms with Gasteiger partial charge in [0.15, 0.2) is 15.7 Å². The summed E-state index contributed by atoms with van der Waals surface area (Å²) in [5.74, 6) is 1.06. The molecule has 42 heavy (non-hydrogen) atoms. The topological polar surface area (TPSA) is 176 Å². The van der Waals surface area contributed by atoms with E-state index in [1.54, 1.807) is 50.4 Å². The van der Waals surface area contributed by atoms with Crippen LogP contribution in [-0.2, 0) is 9.84 Å². The fourth-order valence-electron chi connectivity index (χ4n) is 5.70. The van der Waals surface area contributed by atoms with E-state index in [9.17, 15) is 18.6 Å². The Morgan fingerprint density at radius 3 is 2.50 bits per heavy atom. The average Bonchev–Trinajstić information content (AvgIpc) is 3.62. The van der Waals surface area contributed by atoms with Crippen LogP contribution in [0.5, 0.6) is 0 Å². The maximum absolute atomic E-state index is 13.7. The van der Waals surface area contributed by atoms with Crippen LogP contribution >= 0.6 is 11.3 Å². The summed E-state index contributed by atoms with van der Waals surface area (Å²) in [4.78, 5) is 18.6.